The smallest absolute Gasteiger partial charge is 0.251 e. The molecule has 2 rings (SSSR count). The zero-order valence-electron chi connectivity index (χ0n) is 12.4. The van der Waals surface area contributed by atoms with Crippen LogP contribution in [-0.2, 0) is 16.0 Å². The molecule has 6 heteroatoms. The Morgan fingerprint density at radius 2 is 2.24 bits per heavy atom. The number of ether oxygens (including phenoxy) is 1. The number of hydrogen-bond acceptors (Lipinski definition) is 4. The number of fused-ring (bicyclic) bond motifs is 1. The summed E-state index contributed by atoms with van der Waals surface area (Å²) >= 11 is 0. The van der Waals surface area contributed by atoms with Gasteiger partial charge < -0.3 is 20.7 Å². The second kappa shape index (κ2) is 7.08. The van der Waals surface area contributed by atoms with Crippen molar-refractivity contribution in [1.29, 1.82) is 0 Å². The molecule has 21 heavy (non-hydrogen) atoms. The summed E-state index contributed by atoms with van der Waals surface area (Å²) in [6.07, 6.45) is 0.920. The van der Waals surface area contributed by atoms with E-state index in [0.29, 0.717) is 18.7 Å². The van der Waals surface area contributed by atoms with E-state index in [9.17, 15) is 9.59 Å². The van der Waals surface area contributed by atoms with Crippen molar-refractivity contribution < 1.29 is 14.3 Å². The Morgan fingerprint density at radius 3 is 3.00 bits per heavy atom. The van der Waals surface area contributed by atoms with Crippen molar-refractivity contribution in [2.45, 2.75) is 19.4 Å². The minimum atomic E-state index is -0.583. The molecule has 0 aliphatic carbocycles. The fraction of sp³-hybridized carbons (Fsp3) is 0.467. The SMILES string of the molecule is COCCNC(=O)C(C)NC(=O)c1ccc2c(c1)CCN2. The van der Waals surface area contributed by atoms with Gasteiger partial charge in [-0.3, -0.25) is 9.59 Å². The van der Waals surface area contributed by atoms with Crippen molar-refractivity contribution in [2.75, 3.05) is 32.1 Å². The number of anilines is 1. The van der Waals surface area contributed by atoms with Gasteiger partial charge in [-0.25, -0.2) is 0 Å². The molecule has 0 aromatic heterocycles. The molecular weight excluding hydrogens is 270 g/mol. The fourth-order valence-electron chi connectivity index (χ4n) is 2.22. The summed E-state index contributed by atoms with van der Waals surface area (Å²) in [6, 6.07) is 4.96. The summed E-state index contributed by atoms with van der Waals surface area (Å²) in [5.74, 6) is -0.456. The summed E-state index contributed by atoms with van der Waals surface area (Å²) in [5, 5.41) is 8.64. The maximum atomic E-state index is 12.2. The summed E-state index contributed by atoms with van der Waals surface area (Å²) < 4.78 is 4.86. The van der Waals surface area contributed by atoms with E-state index >= 15 is 0 Å². The van der Waals surface area contributed by atoms with Gasteiger partial charge in [0, 0.05) is 31.5 Å². The highest BCUT2D eigenvalue weighted by atomic mass is 16.5. The van der Waals surface area contributed by atoms with Gasteiger partial charge in [-0.05, 0) is 37.1 Å². The van der Waals surface area contributed by atoms with Crippen LogP contribution in [0.3, 0.4) is 0 Å². The minimum Gasteiger partial charge on any atom is -0.384 e. The number of carbonyl (C=O) groups is 2. The number of methoxy groups -OCH3 is 1. The van der Waals surface area contributed by atoms with Gasteiger partial charge in [-0.1, -0.05) is 0 Å². The highest BCUT2D eigenvalue weighted by molar-refractivity contribution is 5.98. The lowest BCUT2D eigenvalue weighted by Gasteiger charge is -2.14. The molecule has 0 radical (unpaired) electrons. The third kappa shape index (κ3) is 3.95. The summed E-state index contributed by atoms with van der Waals surface area (Å²) in [7, 11) is 1.57. The van der Waals surface area contributed by atoms with Crippen LogP contribution in [0, 0.1) is 0 Å². The second-order valence-corrected chi connectivity index (χ2v) is 5.03. The third-order valence-electron chi connectivity index (χ3n) is 3.42. The molecule has 1 atom stereocenters. The largest absolute Gasteiger partial charge is 0.384 e. The van der Waals surface area contributed by atoms with Crippen LogP contribution in [-0.4, -0.2) is 44.7 Å². The lowest BCUT2D eigenvalue weighted by atomic mass is 10.1. The fourth-order valence-corrected chi connectivity index (χ4v) is 2.22. The van der Waals surface area contributed by atoms with Crippen LogP contribution in [0.25, 0.3) is 0 Å². The molecule has 0 spiro atoms. The van der Waals surface area contributed by atoms with E-state index in [1.807, 2.05) is 12.1 Å². The molecule has 0 saturated carbocycles. The first-order chi connectivity index (χ1) is 10.1. The number of rotatable bonds is 6. The lowest BCUT2D eigenvalue weighted by Crippen LogP contribution is -2.45. The quantitative estimate of drug-likeness (QED) is 0.668. The van der Waals surface area contributed by atoms with Crippen LogP contribution in [0.5, 0.6) is 0 Å². The van der Waals surface area contributed by atoms with E-state index in [0.717, 1.165) is 24.2 Å². The predicted molar refractivity (Wildman–Crippen MR) is 80.4 cm³/mol. The summed E-state index contributed by atoms with van der Waals surface area (Å²) in [4.78, 5) is 23.9. The molecule has 1 aromatic rings. The Labute approximate surface area is 124 Å². The molecule has 1 aliphatic heterocycles. The van der Waals surface area contributed by atoms with E-state index in [-0.39, 0.29) is 11.8 Å². The van der Waals surface area contributed by atoms with Gasteiger partial charge in [0.25, 0.3) is 5.91 Å². The molecule has 1 unspecified atom stereocenters. The van der Waals surface area contributed by atoms with Crippen molar-refractivity contribution in [3.05, 3.63) is 29.3 Å². The highest BCUT2D eigenvalue weighted by Gasteiger charge is 2.18. The van der Waals surface area contributed by atoms with Crippen molar-refractivity contribution in [1.82, 2.24) is 10.6 Å². The van der Waals surface area contributed by atoms with Gasteiger partial charge in [-0.2, -0.15) is 0 Å². The number of amides is 2. The first-order valence-corrected chi connectivity index (χ1v) is 7.06. The van der Waals surface area contributed by atoms with Crippen molar-refractivity contribution in [3.8, 4) is 0 Å². The Kier molecular flexibility index (Phi) is 5.16. The van der Waals surface area contributed by atoms with E-state index in [4.69, 9.17) is 4.74 Å². The van der Waals surface area contributed by atoms with Crippen molar-refractivity contribution in [2.24, 2.45) is 0 Å². The Hall–Kier alpha value is -2.08. The molecule has 0 bridgehead atoms. The summed E-state index contributed by atoms with van der Waals surface area (Å²) in [6.45, 7) is 3.44. The van der Waals surface area contributed by atoms with E-state index < -0.39 is 6.04 Å². The van der Waals surface area contributed by atoms with Crippen LogP contribution in [0.2, 0.25) is 0 Å². The van der Waals surface area contributed by atoms with Gasteiger partial charge >= 0.3 is 0 Å². The Morgan fingerprint density at radius 1 is 1.43 bits per heavy atom. The van der Waals surface area contributed by atoms with Crippen LogP contribution < -0.4 is 16.0 Å². The molecule has 0 fully saturated rings. The number of hydrogen-bond donors (Lipinski definition) is 3. The standard InChI is InChI=1S/C15H21N3O3/c1-10(14(19)17-7-8-21-2)18-15(20)12-3-4-13-11(9-12)5-6-16-13/h3-4,9-10,16H,5-8H2,1-2H3,(H,17,19)(H,18,20). The van der Waals surface area contributed by atoms with Gasteiger partial charge in [0.2, 0.25) is 5.91 Å². The minimum absolute atomic E-state index is 0.219. The zero-order chi connectivity index (χ0) is 15.2. The Balaban J connectivity index is 1.90. The number of benzene rings is 1. The predicted octanol–water partition coefficient (Wildman–Crippen LogP) is 0.535. The van der Waals surface area contributed by atoms with E-state index in [1.54, 1.807) is 20.1 Å². The number of nitrogens with one attached hydrogen (secondary N) is 3. The Bertz CT molecular complexity index is 531. The van der Waals surface area contributed by atoms with Crippen LogP contribution >= 0.6 is 0 Å². The normalized spacial score (nSPS) is 14.0. The van der Waals surface area contributed by atoms with Crippen LogP contribution in [0.4, 0.5) is 5.69 Å². The second-order valence-electron chi connectivity index (χ2n) is 5.03. The first-order valence-electron chi connectivity index (χ1n) is 7.06. The summed E-state index contributed by atoms with van der Waals surface area (Å²) in [5.41, 5.74) is 2.80. The molecule has 1 heterocycles. The molecule has 3 N–H and O–H groups in total. The molecule has 1 aliphatic rings. The molecule has 2 amide bonds. The van der Waals surface area contributed by atoms with E-state index in [2.05, 4.69) is 16.0 Å². The average Bonchev–Trinajstić information content (AvgIpc) is 2.94. The lowest BCUT2D eigenvalue weighted by molar-refractivity contribution is -0.122. The highest BCUT2D eigenvalue weighted by Crippen LogP contribution is 2.22. The third-order valence-corrected chi connectivity index (χ3v) is 3.42. The zero-order valence-corrected chi connectivity index (χ0v) is 12.4. The topological polar surface area (TPSA) is 79.5 Å². The maximum Gasteiger partial charge on any atom is 0.251 e. The van der Waals surface area contributed by atoms with Crippen molar-refractivity contribution in [3.63, 3.8) is 0 Å². The molecular formula is C15H21N3O3. The first kappa shape index (κ1) is 15.3. The van der Waals surface area contributed by atoms with Gasteiger partial charge in [0.05, 0.1) is 6.61 Å². The van der Waals surface area contributed by atoms with Crippen LogP contribution in [0.1, 0.15) is 22.8 Å². The number of carbonyl (C=O) groups excluding carboxylic acids is 2. The van der Waals surface area contributed by atoms with E-state index in [1.165, 1.54) is 0 Å². The maximum absolute atomic E-state index is 12.2. The van der Waals surface area contributed by atoms with Gasteiger partial charge in [0.15, 0.2) is 0 Å². The van der Waals surface area contributed by atoms with Crippen LogP contribution in [0.15, 0.2) is 18.2 Å². The molecule has 6 nitrogen and oxygen atoms in total. The average molecular weight is 291 g/mol. The van der Waals surface area contributed by atoms with Crippen molar-refractivity contribution >= 4 is 17.5 Å². The molecule has 0 saturated heterocycles. The molecule has 114 valence electrons. The molecule has 1 aromatic carbocycles. The van der Waals surface area contributed by atoms with Gasteiger partial charge in [-0.15, -0.1) is 0 Å². The van der Waals surface area contributed by atoms with Gasteiger partial charge in [0.1, 0.15) is 6.04 Å². The monoisotopic (exact) mass is 291 g/mol.